The molecule has 1 saturated heterocycles. The third-order valence-electron chi connectivity index (χ3n) is 5.06. The van der Waals surface area contributed by atoms with E-state index in [1.165, 1.54) is 5.69 Å². The molecular formula is C21H22N4O2. The van der Waals surface area contributed by atoms with Crippen LogP contribution in [-0.2, 0) is 11.3 Å². The summed E-state index contributed by atoms with van der Waals surface area (Å²) < 4.78 is 1.55. The second kappa shape index (κ2) is 7.23. The number of para-hydroxylation sites is 3. The largest absolute Gasteiger partial charge is 0.368 e. The summed E-state index contributed by atoms with van der Waals surface area (Å²) >= 11 is 0. The summed E-state index contributed by atoms with van der Waals surface area (Å²) in [5.74, 6) is -0.0273. The van der Waals surface area contributed by atoms with E-state index in [0.29, 0.717) is 24.3 Å². The molecule has 0 bridgehead atoms. The van der Waals surface area contributed by atoms with Crippen molar-refractivity contribution in [1.29, 1.82) is 0 Å². The molecule has 0 spiro atoms. The maximum Gasteiger partial charge on any atom is 0.272 e. The minimum absolute atomic E-state index is 0.0273. The molecule has 138 valence electrons. The molecule has 3 aromatic rings. The van der Waals surface area contributed by atoms with Crippen molar-refractivity contribution < 1.29 is 4.79 Å². The lowest BCUT2D eigenvalue weighted by Crippen LogP contribution is -2.50. The normalized spacial score (nSPS) is 14.6. The summed E-state index contributed by atoms with van der Waals surface area (Å²) in [6, 6.07) is 17.7. The number of hydrogen-bond acceptors (Lipinski definition) is 4. The molecule has 1 aliphatic heterocycles. The van der Waals surface area contributed by atoms with Gasteiger partial charge in [0, 0.05) is 31.9 Å². The van der Waals surface area contributed by atoms with Crippen LogP contribution in [0.3, 0.4) is 0 Å². The number of amides is 1. The number of benzene rings is 2. The van der Waals surface area contributed by atoms with Crippen molar-refractivity contribution in [2.45, 2.75) is 13.5 Å². The van der Waals surface area contributed by atoms with E-state index in [0.717, 1.165) is 18.6 Å². The Hall–Kier alpha value is -3.15. The van der Waals surface area contributed by atoms with Gasteiger partial charge in [0.1, 0.15) is 12.2 Å². The topological polar surface area (TPSA) is 58.4 Å². The monoisotopic (exact) mass is 362 g/mol. The van der Waals surface area contributed by atoms with Crippen molar-refractivity contribution in [3.8, 4) is 0 Å². The van der Waals surface area contributed by atoms with Crippen molar-refractivity contribution in [2.24, 2.45) is 0 Å². The average molecular weight is 362 g/mol. The highest BCUT2D eigenvalue weighted by molar-refractivity contribution is 5.80. The summed E-state index contributed by atoms with van der Waals surface area (Å²) in [5, 5.41) is 0. The maximum absolute atomic E-state index is 12.8. The van der Waals surface area contributed by atoms with E-state index < -0.39 is 0 Å². The van der Waals surface area contributed by atoms with Gasteiger partial charge in [-0.1, -0.05) is 30.3 Å². The van der Waals surface area contributed by atoms with Gasteiger partial charge in [-0.05, 0) is 31.2 Å². The number of hydrogen-bond donors (Lipinski definition) is 0. The van der Waals surface area contributed by atoms with Crippen LogP contribution in [-0.4, -0.2) is 46.5 Å². The van der Waals surface area contributed by atoms with Gasteiger partial charge < -0.3 is 9.80 Å². The molecule has 4 rings (SSSR count). The zero-order valence-electron chi connectivity index (χ0n) is 15.3. The van der Waals surface area contributed by atoms with Crippen LogP contribution in [0.4, 0.5) is 5.69 Å². The molecule has 0 unspecified atom stereocenters. The quantitative estimate of drug-likeness (QED) is 0.716. The minimum Gasteiger partial charge on any atom is -0.368 e. The number of aryl methyl sites for hydroxylation is 1. The molecule has 6 heteroatoms. The summed E-state index contributed by atoms with van der Waals surface area (Å²) in [4.78, 5) is 33.9. The highest BCUT2D eigenvalue weighted by Crippen LogP contribution is 2.16. The number of anilines is 1. The lowest BCUT2D eigenvalue weighted by Gasteiger charge is -2.36. The van der Waals surface area contributed by atoms with E-state index in [9.17, 15) is 9.59 Å². The smallest absolute Gasteiger partial charge is 0.272 e. The molecule has 0 N–H and O–H groups in total. The number of rotatable bonds is 3. The standard InChI is InChI=1S/C21H22N4O2/c1-16-21(27)25(19-10-6-5-9-18(19)22-16)15-20(26)24-13-11-23(12-14-24)17-7-3-2-4-8-17/h2-10H,11-15H2,1H3. The molecule has 1 aliphatic rings. The van der Waals surface area contributed by atoms with Crippen LogP contribution in [0, 0.1) is 6.92 Å². The number of piperazine rings is 1. The first-order chi connectivity index (χ1) is 13.1. The number of fused-ring (bicyclic) bond motifs is 1. The van der Waals surface area contributed by atoms with E-state index in [1.807, 2.05) is 47.4 Å². The Morgan fingerprint density at radius 3 is 2.37 bits per heavy atom. The van der Waals surface area contributed by atoms with E-state index in [-0.39, 0.29) is 18.0 Å². The Kier molecular flexibility index (Phi) is 4.62. The second-order valence-corrected chi connectivity index (χ2v) is 6.78. The van der Waals surface area contributed by atoms with Crippen LogP contribution in [0.5, 0.6) is 0 Å². The fourth-order valence-corrected chi connectivity index (χ4v) is 3.57. The fourth-order valence-electron chi connectivity index (χ4n) is 3.57. The van der Waals surface area contributed by atoms with E-state index >= 15 is 0 Å². The van der Waals surface area contributed by atoms with Crippen LogP contribution >= 0.6 is 0 Å². The van der Waals surface area contributed by atoms with Gasteiger partial charge in [0.15, 0.2) is 0 Å². The maximum atomic E-state index is 12.8. The predicted octanol–water partition coefficient (Wildman–Crippen LogP) is 2.05. The molecule has 1 amide bonds. The van der Waals surface area contributed by atoms with Gasteiger partial charge in [-0.3, -0.25) is 14.2 Å². The van der Waals surface area contributed by atoms with Crippen LogP contribution in [0.15, 0.2) is 59.4 Å². The van der Waals surface area contributed by atoms with Crippen LogP contribution in [0.2, 0.25) is 0 Å². The SMILES string of the molecule is Cc1nc2ccccc2n(CC(=O)N2CCN(c3ccccc3)CC2)c1=O. The van der Waals surface area contributed by atoms with Gasteiger partial charge in [-0.25, -0.2) is 4.98 Å². The number of carbonyl (C=O) groups is 1. The Labute approximate surface area is 157 Å². The molecule has 0 radical (unpaired) electrons. The van der Waals surface area contributed by atoms with Crippen molar-refractivity contribution in [2.75, 3.05) is 31.1 Å². The van der Waals surface area contributed by atoms with Crippen LogP contribution < -0.4 is 10.5 Å². The summed E-state index contributed by atoms with van der Waals surface area (Å²) in [6.45, 7) is 4.64. The Balaban J connectivity index is 1.50. The molecule has 1 fully saturated rings. The zero-order valence-corrected chi connectivity index (χ0v) is 15.3. The Bertz CT molecular complexity index is 1020. The van der Waals surface area contributed by atoms with Crippen molar-refractivity contribution in [3.05, 3.63) is 70.6 Å². The summed E-state index contributed by atoms with van der Waals surface area (Å²) in [7, 11) is 0. The molecule has 2 aromatic carbocycles. The average Bonchev–Trinajstić information content (AvgIpc) is 2.72. The molecule has 0 saturated carbocycles. The third-order valence-corrected chi connectivity index (χ3v) is 5.06. The first-order valence-corrected chi connectivity index (χ1v) is 9.17. The van der Waals surface area contributed by atoms with Gasteiger partial charge in [-0.2, -0.15) is 0 Å². The minimum atomic E-state index is -0.204. The highest BCUT2D eigenvalue weighted by atomic mass is 16.2. The fraction of sp³-hybridized carbons (Fsp3) is 0.286. The molecule has 27 heavy (non-hydrogen) atoms. The van der Waals surface area contributed by atoms with Crippen LogP contribution in [0.1, 0.15) is 5.69 Å². The Morgan fingerprint density at radius 2 is 1.63 bits per heavy atom. The second-order valence-electron chi connectivity index (χ2n) is 6.78. The lowest BCUT2D eigenvalue weighted by molar-refractivity contribution is -0.132. The van der Waals surface area contributed by atoms with Crippen molar-refractivity contribution >= 4 is 22.6 Å². The van der Waals surface area contributed by atoms with E-state index in [4.69, 9.17) is 0 Å². The number of aromatic nitrogens is 2. The first kappa shape index (κ1) is 17.3. The van der Waals surface area contributed by atoms with Gasteiger partial charge in [0.05, 0.1) is 11.0 Å². The summed E-state index contributed by atoms with van der Waals surface area (Å²) in [6.07, 6.45) is 0. The highest BCUT2D eigenvalue weighted by Gasteiger charge is 2.22. The van der Waals surface area contributed by atoms with Gasteiger partial charge >= 0.3 is 0 Å². The van der Waals surface area contributed by atoms with Gasteiger partial charge in [0.2, 0.25) is 5.91 Å². The molecule has 2 heterocycles. The predicted molar refractivity (Wildman–Crippen MR) is 106 cm³/mol. The summed E-state index contributed by atoms with van der Waals surface area (Å²) in [5.41, 5.74) is 2.82. The van der Waals surface area contributed by atoms with E-state index in [1.54, 1.807) is 11.5 Å². The zero-order chi connectivity index (χ0) is 18.8. The molecule has 1 aromatic heterocycles. The van der Waals surface area contributed by atoms with Gasteiger partial charge in [0.25, 0.3) is 5.56 Å². The molecule has 0 aliphatic carbocycles. The molecular weight excluding hydrogens is 340 g/mol. The third kappa shape index (κ3) is 3.43. The van der Waals surface area contributed by atoms with Crippen molar-refractivity contribution in [3.63, 3.8) is 0 Å². The Morgan fingerprint density at radius 1 is 0.963 bits per heavy atom. The number of carbonyl (C=O) groups excluding carboxylic acids is 1. The van der Waals surface area contributed by atoms with Crippen molar-refractivity contribution in [1.82, 2.24) is 14.5 Å². The van der Waals surface area contributed by atoms with Gasteiger partial charge in [-0.15, -0.1) is 0 Å². The lowest BCUT2D eigenvalue weighted by atomic mass is 10.2. The molecule has 0 atom stereocenters. The first-order valence-electron chi connectivity index (χ1n) is 9.17. The van der Waals surface area contributed by atoms with E-state index in [2.05, 4.69) is 22.0 Å². The van der Waals surface area contributed by atoms with Crippen LogP contribution in [0.25, 0.3) is 11.0 Å². The molecule has 6 nitrogen and oxygen atoms in total. The number of nitrogens with zero attached hydrogens (tertiary/aromatic N) is 4.